The molecule has 1 nitrogen and oxygen atoms in total. The Kier molecular flexibility index (Phi) is 11.8. The van der Waals surface area contributed by atoms with E-state index < -0.39 is 0 Å². The van der Waals surface area contributed by atoms with Crippen molar-refractivity contribution in [1.82, 2.24) is 0 Å². The summed E-state index contributed by atoms with van der Waals surface area (Å²) in [6.45, 7) is 9.95. The molecule has 3 fully saturated rings. The number of thioether (sulfide) groups is 1. The summed E-state index contributed by atoms with van der Waals surface area (Å²) in [5.74, 6) is 3.78. The van der Waals surface area contributed by atoms with E-state index in [2.05, 4.69) is 33.8 Å². The predicted molar refractivity (Wildman–Crippen MR) is 168 cm³/mol. The van der Waals surface area contributed by atoms with Gasteiger partial charge in [0.1, 0.15) is 0 Å². The Labute approximate surface area is 241 Å². The highest BCUT2D eigenvalue weighted by Crippen LogP contribution is 2.67. The Morgan fingerprint density at radius 2 is 1.50 bits per heavy atom. The van der Waals surface area contributed by atoms with Crippen LogP contribution in [0.5, 0.6) is 0 Å². The Bertz CT molecular complexity index is 771. The van der Waals surface area contributed by atoms with Gasteiger partial charge in [-0.15, -0.1) is 0 Å². The highest BCUT2D eigenvalue weighted by molar-refractivity contribution is 8.14. The first-order valence-corrected chi connectivity index (χ1v) is 18.2. The van der Waals surface area contributed by atoms with Gasteiger partial charge in [0.05, 0.1) is 0 Å². The summed E-state index contributed by atoms with van der Waals surface area (Å²) in [4.78, 5) is 12.7. The third-order valence-corrected chi connectivity index (χ3v) is 13.4. The minimum atomic E-state index is 0.418. The molecule has 0 aromatic rings. The van der Waals surface area contributed by atoms with E-state index in [9.17, 15) is 4.79 Å². The van der Waals surface area contributed by atoms with Gasteiger partial charge in [-0.25, -0.2) is 0 Å². The van der Waals surface area contributed by atoms with Gasteiger partial charge in [0.2, 0.25) is 0 Å². The van der Waals surface area contributed by atoms with E-state index in [1.807, 2.05) is 0 Å². The second-order valence-corrected chi connectivity index (χ2v) is 15.9. The molecule has 4 aliphatic rings. The Morgan fingerprint density at radius 1 is 0.816 bits per heavy atom. The number of allylic oxidation sites excluding steroid dienone is 2. The van der Waals surface area contributed by atoms with E-state index in [-0.39, 0.29) is 0 Å². The summed E-state index contributed by atoms with van der Waals surface area (Å²) in [6, 6.07) is 0. The lowest BCUT2D eigenvalue weighted by molar-refractivity contribution is -0.111. The van der Waals surface area contributed by atoms with Crippen molar-refractivity contribution in [2.24, 2.45) is 34.5 Å². The predicted octanol–water partition coefficient (Wildman–Crippen LogP) is 11.7. The molecule has 0 aromatic heterocycles. The van der Waals surface area contributed by atoms with E-state index in [1.165, 1.54) is 128 Å². The summed E-state index contributed by atoms with van der Waals surface area (Å²) >= 11 is 1.72. The van der Waals surface area contributed by atoms with Crippen molar-refractivity contribution >= 4 is 16.9 Å². The number of rotatable bonds is 15. The maximum absolute atomic E-state index is 12.7. The van der Waals surface area contributed by atoms with Crippen LogP contribution in [0.3, 0.4) is 0 Å². The van der Waals surface area contributed by atoms with Crippen LogP contribution in [0.1, 0.15) is 169 Å². The van der Waals surface area contributed by atoms with Crippen molar-refractivity contribution in [2.75, 3.05) is 0 Å². The lowest BCUT2D eigenvalue weighted by Crippen LogP contribution is -2.50. The second kappa shape index (κ2) is 14.6. The normalized spacial score (nSPS) is 36.3. The highest BCUT2D eigenvalue weighted by atomic mass is 32.2. The van der Waals surface area contributed by atoms with Gasteiger partial charge in [-0.2, -0.15) is 0 Å². The molecule has 218 valence electrons. The lowest BCUT2D eigenvalue weighted by Gasteiger charge is -2.58. The molecule has 7 unspecified atom stereocenters. The summed E-state index contributed by atoms with van der Waals surface area (Å²) in [5, 5.41) is 1.01. The van der Waals surface area contributed by atoms with E-state index in [1.54, 1.807) is 17.3 Å². The first-order chi connectivity index (χ1) is 18.4. The third kappa shape index (κ3) is 7.15. The molecule has 0 amide bonds. The average molecular weight is 543 g/mol. The molecule has 4 aliphatic carbocycles. The maximum Gasteiger partial charge on any atom is 0.189 e. The molecule has 4 rings (SSSR count). The first kappa shape index (κ1) is 30.7. The minimum absolute atomic E-state index is 0.418. The molecular formula is C36H62OS. The molecule has 7 atom stereocenters. The average Bonchev–Trinajstić information content (AvgIpc) is 3.24. The van der Waals surface area contributed by atoms with Gasteiger partial charge in [0.25, 0.3) is 0 Å². The summed E-state index contributed by atoms with van der Waals surface area (Å²) in [6.07, 6.45) is 32.3. The van der Waals surface area contributed by atoms with E-state index >= 15 is 0 Å². The largest absolute Gasteiger partial charge is 0.287 e. The van der Waals surface area contributed by atoms with Crippen molar-refractivity contribution in [1.29, 1.82) is 0 Å². The molecule has 0 spiro atoms. The van der Waals surface area contributed by atoms with Crippen LogP contribution < -0.4 is 0 Å². The molecule has 0 radical (unpaired) electrons. The monoisotopic (exact) mass is 542 g/mol. The summed E-state index contributed by atoms with van der Waals surface area (Å²) in [7, 11) is 0. The fourth-order valence-electron chi connectivity index (χ4n) is 9.78. The van der Waals surface area contributed by atoms with Crippen molar-refractivity contribution in [2.45, 2.75) is 174 Å². The molecule has 0 N–H and O–H groups in total. The number of hydrogen-bond donors (Lipinski definition) is 0. The lowest BCUT2D eigenvalue weighted by atomic mass is 9.47. The van der Waals surface area contributed by atoms with E-state index in [0.29, 0.717) is 21.2 Å². The number of unbranched alkanes of at least 4 members (excludes halogenated alkanes) is 10. The van der Waals surface area contributed by atoms with Crippen molar-refractivity contribution in [3.63, 3.8) is 0 Å². The molecule has 3 saturated carbocycles. The molecule has 38 heavy (non-hydrogen) atoms. The number of hydrogen-bond acceptors (Lipinski definition) is 2. The van der Waals surface area contributed by atoms with Gasteiger partial charge >= 0.3 is 0 Å². The molecule has 0 aliphatic heterocycles. The SMILES string of the molecule is CCCCCCCCC(=O)SC1CCC2(C)C(=CCC3C2CCC2(C)C(CCCCCCCC)CCC32)C1. The smallest absolute Gasteiger partial charge is 0.189 e. The minimum Gasteiger partial charge on any atom is -0.287 e. The topological polar surface area (TPSA) is 17.1 Å². The van der Waals surface area contributed by atoms with Crippen LogP contribution >= 0.6 is 11.8 Å². The number of fused-ring (bicyclic) bond motifs is 5. The standard InChI is InChI=1S/C36H62OS/c1-5-7-9-11-13-15-17-28-20-22-32-31-21-19-29-27-30(38-34(37)18-16-14-12-10-8-6-2)23-25-36(29,4)33(31)24-26-35(28,32)3/h19,28,30-33H,5-18,20-27H2,1-4H3. The zero-order valence-electron chi connectivity index (χ0n) is 25.8. The van der Waals surface area contributed by atoms with Crippen molar-refractivity contribution < 1.29 is 4.79 Å². The quantitative estimate of drug-likeness (QED) is 0.151. The van der Waals surface area contributed by atoms with Gasteiger partial charge in [-0.1, -0.05) is 122 Å². The molecular weight excluding hydrogens is 480 g/mol. The van der Waals surface area contributed by atoms with Gasteiger partial charge in [-0.3, -0.25) is 4.79 Å². The summed E-state index contributed by atoms with van der Waals surface area (Å²) in [5.41, 5.74) is 2.78. The van der Waals surface area contributed by atoms with Crippen LogP contribution in [0.2, 0.25) is 0 Å². The van der Waals surface area contributed by atoms with Crippen LogP contribution in [0.25, 0.3) is 0 Å². The van der Waals surface area contributed by atoms with Crippen molar-refractivity contribution in [3.05, 3.63) is 11.6 Å². The number of carbonyl (C=O) groups excluding carboxylic acids is 1. The Hall–Kier alpha value is -0.240. The number of carbonyl (C=O) groups is 1. The summed E-state index contributed by atoms with van der Waals surface area (Å²) < 4.78 is 0. The zero-order chi connectivity index (χ0) is 27.0. The van der Waals surface area contributed by atoms with E-state index in [4.69, 9.17) is 0 Å². The first-order valence-electron chi connectivity index (χ1n) is 17.3. The molecule has 0 bridgehead atoms. The van der Waals surface area contributed by atoms with Gasteiger partial charge in [0, 0.05) is 11.7 Å². The van der Waals surface area contributed by atoms with Crippen LogP contribution in [0.4, 0.5) is 0 Å². The molecule has 0 aromatic carbocycles. The third-order valence-electron chi connectivity index (χ3n) is 12.2. The molecule has 2 heteroatoms. The van der Waals surface area contributed by atoms with Crippen molar-refractivity contribution in [3.8, 4) is 0 Å². The van der Waals surface area contributed by atoms with E-state index in [0.717, 1.165) is 36.5 Å². The molecule has 0 heterocycles. The highest BCUT2D eigenvalue weighted by Gasteiger charge is 2.58. The van der Waals surface area contributed by atoms with Gasteiger partial charge in [-0.05, 0) is 98.7 Å². The fraction of sp³-hybridized carbons (Fsp3) is 0.917. The van der Waals surface area contributed by atoms with Crippen LogP contribution in [0, 0.1) is 34.5 Å². The van der Waals surface area contributed by atoms with Crippen LogP contribution in [0.15, 0.2) is 11.6 Å². The maximum atomic E-state index is 12.7. The zero-order valence-corrected chi connectivity index (χ0v) is 26.7. The van der Waals surface area contributed by atoms with Crippen LogP contribution in [-0.4, -0.2) is 10.4 Å². The Balaban J connectivity index is 1.27. The molecule has 0 saturated heterocycles. The Morgan fingerprint density at radius 3 is 2.24 bits per heavy atom. The second-order valence-electron chi connectivity index (χ2n) is 14.5. The fourth-order valence-corrected chi connectivity index (χ4v) is 10.9. The van der Waals surface area contributed by atoms with Gasteiger partial charge < -0.3 is 0 Å². The van der Waals surface area contributed by atoms with Crippen LogP contribution in [-0.2, 0) is 4.79 Å². The van der Waals surface area contributed by atoms with Gasteiger partial charge in [0.15, 0.2) is 5.12 Å².